The first-order valence-corrected chi connectivity index (χ1v) is 9.13. The Kier molecular flexibility index (Phi) is 5.52. The minimum atomic E-state index is -0.112. The highest BCUT2D eigenvalue weighted by Crippen LogP contribution is 2.36. The molecule has 0 bridgehead atoms. The second kappa shape index (κ2) is 8.00. The van der Waals surface area contributed by atoms with E-state index >= 15 is 0 Å². The average molecular weight is 348 g/mol. The molecule has 2 aromatic carbocycles. The van der Waals surface area contributed by atoms with Crippen molar-refractivity contribution in [1.29, 1.82) is 0 Å². The zero-order valence-corrected chi connectivity index (χ0v) is 15.1. The van der Waals surface area contributed by atoms with Crippen molar-refractivity contribution >= 4 is 22.9 Å². The number of benzene rings is 2. The second-order valence-electron chi connectivity index (χ2n) is 6.42. The molecule has 4 heteroatoms. The topological polar surface area (TPSA) is 58.2 Å². The fraction of sp³-hybridized carbons (Fsp3) is 0.273. The molecule has 2 aromatic rings. The van der Waals surface area contributed by atoms with Gasteiger partial charge in [0.25, 0.3) is 0 Å². The van der Waals surface area contributed by atoms with Gasteiger partial charge < -0.3 is 10.6 Å². The summed E-state index contributed by atoms with van der Waals surface area (Å²) in [4.78, 5) is 26.3. The number of unbranched alkanes of at least 4 members (excludes halogenated alkanes) is 2. The molecule has 2 N–H and O–H groups in total. The van der Waals surface area contributed by atoms with E-state index in [1.807, 2.05) is 12.1 Å². The van der Waals surface area contributed by atoms with Crippen LogP contribution in [0, 0.1) is 0 Å². The van der Waals surface area contributed by atoms with Crippen molar-refractivity contribution < 1.29 is 9.59 Å². The molecule has 0 unspecified atom stereocenters. The first-order valence-electron chi connectivity index (χ1n) is 9.13. The van der Waals surface area contributed by atoms with Gasteiger partial charge in [-0.05, 0) is 18.6 Å². The number of rotatable bonds is 8. The summed E-state index contributed by atoms with van der Waals surface area (Å²) in [7, 11) is 0. The van der Waals surface area contributed by atoms with Crippen molar-refractivity contribution in [2.45, 2.75) is 26.2 Å². The summed E-state index contributed by atoms with van der Waals surface area (Å²) < 4.78 is 0. The lowest BCUT2D eigenvalue weighted by Crippen LogP contribution is -2.24. The molecule has 3 rings (SSSR count). The summed E-state index contributed by atoms with van der Waals surface area (Å²) in [5, 5.41) is 6.54. The van der Waals surface area contributed by atoms with Gasteiger partial charge in [0.1, 0.15) is 0 Å². The molecule has 0 saturated heterocycles. The highest BCUT2D eigenvalue weighted by atomic mass is 16.1. The molecular formula is C22H24N2O2. The average Bonchev–Trinajstić information content (AvgIpc) is 2.67. The van der Waals surface area contributed by atoms with Gasteiger partial charge in [-0.1, -0.05) is 50.1 Å². The van der Waals surface area contributed by atoms with E-state index in [0.717, 1.165) is 31.5 Å². The third-order valence-electron chi connectivity index (χ3n) is 4.61. The zero-order chi connectivity index (χ0) is 18.5. The fourth-order valence-electron chi connectivity index (χ4n) is 3.30. The summed E-state index contributed by atoms with van der Waals surface area (Å²) in [5.41, 5.74) is 3.27. The van der Waals surface area contributed by atoms with Crippen LogP contribution < -0.4 is 10.6 Å². The summed E-state index contributed by atoms with van der Waals surface area (Å²) in [6.45, 7) is 7.17. The number of hydrogen-bond donors (Lipinski definition) is 2. The number of fused-ring (bicyclic) bond motifs is 2. The molecule has 0 saturated carbocycles. The lowest BCUT2D eigenvalue weighted by Gasteiger charge is -2.23. The Labute approximate surface area is 154 Å². The molecule has 0 amide bonds. The standard InChI is InChI=1S/C22H24N2O2/c1-3-5-8-14-24-18-12-11-17(23-13-4-2)19-20(18)22(26)16-10-7-6-9-15(16)21(19)25/h4,6-7,9-12,23-24H,2-3,5,8,13-14H2,1H3. The van der Waals surface area contributed by atoms with E-state index in [2.05, 4.69) is 24.1 Å². The van der Waals surface area contributed by atoms with Gasteiger partial charge in [-0.2, -0.15) is 0 Å². The number of anilines is 2. The van der Waals surface area contributed by atoms with Crippen LogP contribution >= 0.6 is 0 Å². The minimum absolute atomic E-state index is 0.101. The second-order valence-corrected chi connectivity index (χ2v) is 6.42. The van der Waals surface area contributed by atoms with Gasteiger partial charge in [0.15, 0.2) is 11.6 Å². The SMILES string of the molecule is C=CCNc1ccc(NCCCCC)c2c1C(=O)c1ccccc1C2=O. The van der Waals surface area contributed by atoms with Gasteiger partial charge in [-0.3, -0.25) is 9.59 Å². The van der Waals surface area contributed by atoms with Crippen LogP contribution in [0.5, 0.6) is 0 Å². The fourth-order valence-corrected chi connectivity index (χ4v) is 3.30. The van der Waals surface area contributed by atoms with Crippen LogP contribution in [0.3, 0.4) is 0 Å². The van der Waals surface area contributed by atoms with Crippen molar-refractivity contribution in [1.82, 2.24) is 0 Å². The van der Waals surface area contributed by atoms with Gasteiger partial charge in [-0.15, -0.1) is 6.58 Å². The van der Waals surface area contributed by atoms with E-state index in [0.29, 0.717) is 34.5 Å². The van der Waals surface area contributed by atoms with Crippen LogP contribution in [0.25, 0.3) is 0 Å². The van der Waals surface area contributed by atoms with Gasteiger partial charge in [-0.25, -0.2) is 0 Å². The maximum absolute atomic E-state index is 13.1. The van der Waals surface area contributed by atoms with E-state index in [4.69, 9.17) is 0 Å². The maximum atomic E-state index is 13.1. The molecule has 0 aromatic heterocycles. The van der Waals surface area contributed by atoms with Crippen LogP contribution in [0.1, 0.15) is 58.0 Å². The van der Waals surface area contributed by atoms with Crippen molar-refractivity contribution in [3.05, 3.63) is 71.3 Å². The van der Waals surface area contributed by atoms with Gasteiger partial charge in [0.2, 0.25) is 0 Å². The van der Waals surface area contributed by atoms with E-state index in [9.17, 15) is 9.59 Å². The number of carbonyl (C=O) groups excluding carboxylic acids is 2. The quantitative estimate of drug-likeness (QED) is 0.459. The molecule has 0 aliphatic heterocycles. The van der Waals surface area contributed by atoms with Crippen LogP contribution in [0.2, 0.25) is 0 Å². The molecule has 0 fully saturated rings. The molecule has 0 heterocycles. The zero-order valence-electron chi connectivity index (χ0n) is 15.1. The summed E-state index contributed by atoms with van der Waals surface area (Å²) in [6, 6.07) is 10.8. The Hall–Kier alpha value is -2.88. The number of ketones is 2. The Morgan fingerprint density at radius 2 is 1.46 bits per heavy atom. The lowest BCUT2D eigenvalue weighted by atomic mass is 9.82. The predicted octanol–water partition coefficient (Wildman–Crippen LogP) is 4.66. The van der Waals surface area contributed by atoms with Crippen molar-refractivity contribution in [2.75, 3.05) is 23.7 Å². The van der Waals surface area contributed by atoms with E-state index in [1.165, 1.54) is 0 Å². The first-order chi connectivity index (χ1) is 12.7. The molecule has 4 nitrogen and oxygen atoms in total. The largest absolute Gasteiger partial charge is 0.384 e. The Balaban J connectivity index is 2.07. The molecule has 0 spiro atoms. The summed E-state index contributed by atoms with van der Waals surface area (Å²) >= 11 is 0. The van der Waals surface area contributed by atoms with Gasteiger partial charge >= 0.3 is 0 Å². The smallest absolute Gasteiger partial charge is 0.196 e. The number of carbonyl (C=O) groups is 2. The lowest BCUT2D eigenvalue weighted by molar-refractivity contribution is 0.0980. The Bertz CT molecular complexity index is 855. The highest BCUT2D eigenvalue weighted by molar-refractivity contribution is 6.31. The molecule has 1 aliphatic rings. The van der Waals surface area contributed by atoms with Crippen LogP contribution in [0.15, 0.2) is 49.1 Å². The molecule has 134 valence electrons. The van der Waals surface area contributed by atoms with Crippen molar-refractivity contribution in [2.24, 2.45) is 0 Å². The van der Waals surface area contributed by atoms with E-state index in [-0.39, 0.29) is 11.6 Å². The monoisotopic (exact) mass is 348 g/mol. The van der Waals surface area contributed by atoms with Crippen molar-refractivity contribution in [3.8, 4) is 0 Å². The third-order valence-corrected chi connectivity index (χ3v) is 4.61. The molecule has 26 heavy (non-hydrogen) atoms. The number of hydrogen-bond acceptors (Lipinski definition) is 4. The summed E-state index contributed by atoms with van der Waals surface area (Å²) in [5.74, 6) is -0.214. The van der Waals surface area contributed by atoms with Gasteiger partial charge in [0.05, 0.1) is 11.1 Å². The normalized spacial score (nSPS) is 12.3. The predicted molar refractivity (Wildman–Crippen MR) is 106 cm³/mol. The van der Waals surface area contributed by atoms with E-state index in [1.54, 1.807) is 30.3 Å². The molecular weight excluding hydrogens is 324 g/mol. The van der Waals surface area contributed by atoms with Crippen LogP contribution in [-0.4, -0.2) is 24.7 Å². The molecule has 0 atom stereocenters. The van der Waals surface area contributed by atoms with E-state index < -0.39 is 0 Å². The van der Waals surface area contributed by atoms with Crippen molar-refractivity contribution in [3.63, 3.8) is 0 Å². The van der Waals surface area contributed by atoms with Crippen LogP contribution in [-0.2, 0) is 0 Å². The van der Waals surface area contributed by atoms with Gasteiger partial charge in [0, 0.05) is 35.6 Å². The Morgan fingerprint density at radius 3 is 2.00 bits per heavy atom. The molecule has 1 aliphatic carbocycles. The third kappa shape index (κ3) is 3.27. The number of nitrogens with one attached hydrogen (secondary N) is 2. The highest BCUT2D eigenvalue weighted by Gasteiger charge is 2.33. The first kappa shape index (κ1) is 17.9. The minimum Gasteiger partial charge on any atom is -0.384 e. The molecule has 0 radical (unpaired) electrons. The van der Waals surface area contributed by atoms with Crippen LogP contribution in [0.4, 0.5) is 11.4 Å². The summed E-state index contributed by atoms with van der Waals surface area (Å²) in [6.07, 6.45) is 5.02. The Morgan fingerprint density at radius 1 is 0.885 bits per heavy atom. The maximum Gasteiger partial charge on any atom is 0.196 e.